The van der Waals surface area contributed by atoms with Crippen molar-refractivity contribution in [2.75, 3.05) is 0 Å². The summed E-state index contributed by atoms with van der Waals surface area (Å²) in [4.78, 5) is 5.65. The number of hydrogen-bond donors (Lipinski definition) is 0. The van der Waals surface area contributed by atoms with Crippen LogP contribution in [0.2, 0.25) is 0 Å². The van der Waals surface area contributed by atoms with Gasteiger partial charge in [-0.15, -0.1) is 11.3 Å². The largest absolute Gasteiger partial charge is 0.249 e. The quantitative estimate of drug-likeness (QED) is 0.726. The molecule has 0 aliphatic heterocycles. The van der Waals surface area contributed by atoms with Gasteiger partial charge >= 0.3 is 0 Å². The first-order valence-corrected chi connectivity index (χ1v) is 7.11. The van der Waals surface area contributed by atoms with Gasteiger partial charge in [0, 0.05) is 0 Å². The van der Waals surface area contributed by atoms with Gasteiger partial charge in [-0.05, 0) is 37.0 Å². The Labute approximate surface area is 109 Å². The maximum absolute atomic E-state index is 4.33. The van der Waals surface area contributed by atoms with Crippen LogP contribution in [0.15, 0.2) is 23.7 Å². The molecule has 0 fully saturated rings. The van der Waals surface area contributed by atoms with Gasteiger partial charge in [-0.25, -0.2) is 4.98 Å². The molecule has 0 saturated carbocycles. The molecule has 2 aromatic rings. The number of aromatic nitrogens is 1. The Balaban J connectivity index is 0.000000686. The molecule has 0 saturated heterocycles. The van der Waals surface area contributed by atoms with Gasteiger partial charge in [0.25, 0.3) is 0 Å². The average molecular weight is 247 g/mol. The van der Waals surface area contributed by atoms with Crippen molar-refractivity contribution in [3.63, 3.8) is 0 Å². The highest BCUT2D eigenvalue weighted by atomic mass is 32.1. The third-order valence-electron chi connectivity index (χ3n) is 2.71. The van der Waals surface area contributed by atoms with Crippen LogP contribution < -0.4 is 0 Å². The lowest BCUT2D eigenvalue weighted by atomic mass is 9.98. The first-order chi connectivity index (χ1) is 8.24. The fraction of sp³-hybridized carbons (Fsp3) is 0.400. The Kier molecular flexibility index (Phi) is 5.36. The van der Waals surface area contributed by atoms with Gasteiger partial charge in [0.15, 0.2) is 0 Å². The molecule has 2 rings (SSSR count). The van der Waals surface area contributed by atoms with Gasteiger partial charge in [-0.3, -0.25) is 0 Å². The molecule has 1 aromatic heterocycles. The molecular formula is C15H21NS. The zero-order chi connectivity index (χ0) is 12.8. The maximum atomic E-state index is 4.33. The Morgan fingerprint density at radius 2 is 1.88 bits per heavy atom. The van der Waals surface area contributed by atoms with Gasteiger partial charge < -0.3 is 0 Å². The first kappa shape index (κ1) is 13.9. The summed E-state index contributed by atoms with van der Waals surface area (Å²) in [6, 6.07) is 6.52. The lowest BCUT2D eigenvalue weighted by Gasteiger charge is -2.09. The van der Waals surface area contributed by atoms with E-state index in [1.165, 1.54) is 21.6 Å². The van der Waals surface area contributed by atoms with Gasteiger partial charge in [0.2, 0.25) is 0 Å². The molecular weight excluding hydrogens is 226 g/mol. The molecule has 2 heteroatoms. The molecule has 0 aliphatic rings. The fourth-order valence-corrected chi connectivity index (χ4v) is 2.84. The van der Waals surface area contributed by atoms with Crippen molar-refractivity contribution in [1.82, 2.24) is 4.98 Å². The summed E-state index contributed by atoms with van der Waals surface area (Å²) in [5.74, 6) is 0. The minimum absolute atomic E-state index is 1.08. The third kappa shape index (κ3) is 2.95. The van der Waals surface area contributed by atoms with Crippen LogP contribution in [-0.2, 0) is 6.42 Å². The summed E-state index contributed by atoms with van der Waals surface area (Å²) < 4.78 is 0. The smallest absolute Gasteiger partial charge is 0.0801 e. The summed E-state index contributed by atoms with van der Waals surface area (Å²) >= 11 is 1.74. The zero-order valence-electron chi connectivity index (χ0n) is 11.4. The molecule has 0 bridgehead atoms. The van der Waals surface area contributed by atoms with Crippen LogP contribution in [0.5, 0.6) is 0 Å². The predicted octanol–water partition coefficient (Wildman–Crippen LogP) is 5.02. The van der Waals surface area contributed by atoms with E-state index in [1.807, 2.05) is 19.4 Å². The van der Waals surface area contributed by atoms with Crippen molar-refractivity contribution in [2.24, 2.45) is 0 Å². The van der Waals surface area contributed by atoms with Gasteiger partial charge in [0.1, 0.15) is 0 Å². The highest BCUT2D eigenvalue weighted by Crippen LogP contribution is 2.33. The maximum Gasteiger partial charge on any atom is 0.0801 e. The van der Waals surface area contributed by atoms with E-state index in [4.69, 9.17) is 0 Å². The first-order valence-electron chi connectivity index (χ1n) is 6.23. The molecule has 1 nitrogen and oxygen atoms in total. The Morgan fingerprint density at radius 3 is 2.41 bits per heavy atom. The second-order valence-electron chi connectivity index (χ2n) is 3.73. The van der Waals surface area contributed by atoms with Crippen molar-refractivity contribution in [2.45, 2.75) is 41.0 Å². The van der Waals surface area contributed by atoms with Crippen LogP contribution in [0.3, 0.4) is 0 Å². The van der Waals surface area contributed by atoms with Crippen molar-refractivity contribution < 1.29 is 0 Å². The van der Waals surface area contributed by atoms with E-state index in [2.05, 4.69) is 44.0 Å². The number of hydrogen-bond acceptors (Lipinski definition) is 2. The van der Waals surface area contributed by atoms with Crippen LogP contribution in [0.4, 0.5) is 0 Å². The molecule has 17 heavy (non-hydrogen) atoms. The highest BCUT2D eigenvalue weighted by molar-refractivity contribution is 7.13. The van der Waals surface area contributed by atoms with E-state index in [0.29, 0.717) is 0 Å². The molecule has 0 radical (unpaired) electrons. The Morgan fingerprint density at radius 1 is 1.18 bits per heavy atom. The second-order valence-corrected chi connectivity index (χ2v) is 4.58. The minimum atomic E-state index is 1.08. The van der Waals surface area contributed by atoms with Gasteiger partial charge in [-0.2, -0.15) is 0 Å². The molecule has 0 spiro atoms. The summed E-state index contributed by atoms with van der Waals surface area (Å²) in [6.07, 6.45) is 1.08. The van der Waals surface area contributed by atoms with E-state index in [0.717, 1.165) is 12.1 Å². The molecule has 0 atom stereocenters. The lowest BCUT2D eigenvalue weighted by molar-refractivity contribution is 1.13. The average Bonchev–Trinajstić information content (AvgIpc) is 2.77. The normalized spacial score (nSPS) is 9.71. The minimum Gasteiger partial charge on any atom is -0.249 e. The number of benzene rings is 1. The Bertz CT molecular complexity index is 472. The monoisotopic (exact) mass is 247 g/mol. The summed E-state index contributed by atoms with van der Waals surface area (Å²) in [5, 5.41) is 0. The summed E-state index contributed by atoms with van der Waals surface area (Å²) in [7, 11) is 0. The number of nitrogens with zero attached hydrogens (tertiary/aromatic N) is 1. The third-order valence-corrected chi connectivity index (χ3v) is 3.66. The summed E-state index contributed by atoms with van der Waals surface area (Å²) in [5.41, 5.74) is 7.23. The molecule has 1 heterocycles. The lowest BCUT2D eigenvalue weighted by Crippen LogP contribution is -1.90. The molecule has 0 N–H and O–H groups in total. The van der Waals surface area contributed by atoms with Crippen LogP contribution in [0.1, 0.15) is 37.6 Å². The summed E-state index contributed by atoms with van der Waals surface area (Å²) in [6.45, 7) is 10.5. The van der Waals surface area contributed by atoms with Gasteiger partial charge in [0.05, 0.1) is 16.1 Å². The molecule has 0 unspecified atom stereocenters. The van der Waals surface area contributed by atoms with Crippen LogP contribution in [0, 0.1) is 13.8 Å². The van der Waals surface area contributed by atoms with E-state index >= 15 is 0 Å². The molecule has 0 aliphatic carbocycles. The number of aryl methyl sites for hydroxylation is 3. The highest BCUT2D eigenvalue weighted by Gasteiger charge is 2.11. The van der Waals surface area contributed by atoms with E-state index in [-0.39, 0.29) is 0 Å². The molecule has 1 aromatic carbocycles. The van der Waals surface area contributed by atoms with Crippen LogP contribution in [-0.4, -0.2) is 4.98 Å². The van der Waals surface area contributed by atoms with E-state index < -0.39 is 0 Å². The number of rotatable bonds is 2. The van der Waals surface area contributed by atoms with Crippen LogP contribution in [0.25, 0.3) is 10.4 Å². The van der Waals surface area contributed by atoms with Gasteiger partial charge in [-0.1, -0.05) is 39.0 Å². The van der Waals surface area contributed by atoms with E-state index in [1.54, 1.807) is 11.3 Å². The number of thiazole rings is 1. The topological polar surface area (TPSA) is 12.9 Å². The van der Waals surface area contributed by atoms with Crippen molar-refractivity contribution in [3.8, 4) is 10.4 Å². The SMILES string of the molecule is CC.CCc1cccc(C)c1-c1scnc1C. The van der Waals surface area contributed by atoms with E-state index in [9.17, 15) is 0 Å². The molecule has 0 amide bonds. The van der Waals surface area contributed by atoms with Crippen molar-refractivity contribution in [3.05, 3.63) is 40.5 Å². The second kappa shape index (κ2) is 6.55. The standard InChI is InChI=1S/C13H15NS.C2H6/c1-4-11-7-5-6-9(2)12(11)13-10(3)14-8-15-13;1-2/h5-8H,4H2,1-3H3;1-2H3. The molecule has 92 valence electrons. The predicted molar refractivity (Wildman–Crippen MR) is 77.8 cm³/mol. The van der Waals surface area contributed by atoms with Crippen molar-refractivity contribution >= 4 is 11.3 Å². The zero-order valence-corrected chi connectivity index (χ0v) is 12.2. The van der Waals surface area contributed by atoms with Crippen LogP contribution >= 0.6 is 11.3 Å². The Hall–Kier alpha value is -1.15. The van der Waals surface area contributed by atoms with Crippen molar-refractivity contribution in [1.29, 1.82) is 0 Å². The fourth-order valence-electron chi connectivity index (χ4n) is 1.89.